The molecule has 0 saturated carbocycles. The van der Waals surface area contributed by atoms with Crippen molar-refractivity contribution >= 4 is 44.3 Å². The van der Waals surface area contributed by atoms with E-state index in [1.807, 2.05) is 0 Å². The van der Waals surface area contributed by atoms with Crippen LogP contribution in [0.2, 0.25) is 5.02 Å². The number of Topliss-reactive ketones (excluding diaryl/α,β-unsaturated/α-hetero) is 1. The zero-order valence-corrected chi connectivity index (χ0v) is 11.7. The summed E-state index contributed by atoms with van der Waals surface area (Å²) in [5.74, 6) is 0.0111. The summed E-state index contributed by atoms with van der Waals surface area (Å²) >= 11 is 8.93. The monoisotopic (exact) mass is 330 g/mol. The van der Waals surface area contributed by atoms with Crippen LogP contribution in [0, 0.1) is 0 Å². The van der Waals surface area contributed by atoms with E-state index in [0.717, 1.165) is 0 Å². The van der Waals surface area contributed by atoms with E-state index in [0.29, 0.717) is 16.2 Å². The van der Waals surface area contributed by atoms with Crippen molar-refractivity contribution in [1.29, 1.82) is 0 Å². The van der Waals surface area contributed by atoms with E-state index < -0.39 is 5.63 Å². The summed E-state index contributed by atoms with van der Waals surface area (Å²) < 4.78 is 10.2. The molecule has 0 aliphatic carbocycles. The molecule has 0 radical (unpaired) electrons. The Bertz CT molecular complexity index is 678. The van der Waals surface area contributed by atoms with Crippen LogP contribution in [0.3, 0.4) is 0 Å². The first-order valence-electron chi connectivity index (χ1n) is 4.97. The Labute approximate surface area is 116 Å². The van der Waals surface area contributed by atoms with Crippen LogP contribution in [-0.4, -0.2) is 18.2 Å². The summed E-state index contributed by atoms with van der Waals surface area (Å²) in [5.41, 5.74) is -0.422. The third-order valence-electron chi connectivity index (χ3n) is 2.40. The molecule has 0 atom stereocenters. The molecule has 1 heterocycles. The third-order valence-corrected chi connectivity index (χ3v) is 3.13. The van der Waals surface area contributed by atoms with Crippen LogP contribution in [0.1, 0.15) is 10.4 Å². The number of ketones is 1. The van der Waals surface area contributed by atoms with Gasteiger partial charge in [0.2, 0.25) is 0 Å². The molecule has 0 aliphatic rings. The number of methoxy groups -OCH3 is 1. The summed E-state index contributed by atoms with van der Waals surface area (Å²) in [7, 11) is 1.45. The van der Waals surface area contributed by atoms with Crippen molar-refractivity contribution in [1.82, 2.24) is 0 Å². The summed E-state index contributed by atoms with van der Waals surface area (Å²) in [5, 5.41) is 1.04. The molecular formula is C12H8BrClO4. The number of ether oxygens (including phenoxy) is 1. The van der Waals surface area contributed by atoms with Gasteiger partial charge in [0.05, 0.1) is 12.4 Å². The molecule has 2 rings (SSSR count). The Morgan fingerprint density at radius 3 is 2.78 bits per heavy atom. The average molecular weight is 332 g/mol. The number of hydrogen-bond donors (Lipinski definition) is 0. The van der Waals surface area contributed by atoms with Gasteiger partial charge in [0.25, 0.3) is 0 Å². The number of alkyl halides is 1. The van der Waals surface area contributed by atoms with Gasteiger partial charge in [-0.25, -0.2) is 4.79 Å². The van der Waals surface area contributed by atoms with E-state index in [1.54, 1.807) is 12.1 Å². The molecule has 6 heteroatoms. The minimum atomic E-state index is -0.687. The van der Waals surface area contributed by atoms with Gasteiger partial charge in [-0.15, -0.1) is 0 Å². The SMILES string of the molecule is COc1cc(Cl)cc2cc(C(=O)CBr)c(=O)oc12. The molecule has 1 aromatic heterocycles. The van der Waals surface area contributed by atoms with Crippen LogP contribution in [0.4, 0.5) is 0 Å². The normalized spacial score (nSPS) is 10.6. The second-order valence-corrected chi connectivity index (χ2v) is 4.53. The highest BCUT2D eigenvalue weighted by Gasteiger charge is 2.15. The van der Waals surface area contributed by atoms with Gasteiger partial charge < -0.3 is 9.15 Å². The lowest BCUT2D eigenvalue weighted by Crippen LogP contribution is -2.14. The topological polar surface area (TPSA) is 56.5 Å². The number of hydrogen-bond acceptors (Lipinski definition) is 4. The molecule has 1 aromatic carbocycles. The Hall–Kier alpha value is -1.33. The maximum absolute atomic E-state index is 11.7. The molecule has 4 nitrogen and oxygen atoms in total. The van der Waals surface area contributed by atoms with Gasteiger partial charge in [-0.2, -0.15) is 0 Å². The van der Waals surface area contributed by atoms with Gasteiger partial charge in [-0.1, -0.05) is 27.5 Å². The molecule has 0 spiro atoms. The summed E-state index contributed by atoms with van der Waals surface area (Å²) in [6.07, 6.45) is 0. The number of rotatable bonds is 3. The molecule has 0 unspecified atom stereocenters. The van der Waals surface area contributed by atoms with Crippen molar-refractivity contribution in [2.24, 2.45) is 0 Å². The van der Waals surface area contributed by atoms with Gasteiger partial charge in [-0.3, -0.25) is 4.79 Å². The molecule has 18 heavy (non-hydrogen) atoms. The van der Waals surface area contributed by atoms with Crippen molar-refractivity contribution < 1.29 is 13.9 Å². The van der Waals surface area contributed by atoms with Crippen LogP contribution < -0.4 is 10.4 Å². The van der Waals surface area contributed by atoms with Crippen LogP contribution in [-0.2, 0) is 0 Å². The van der Waals surface area contributed by atoms with Crippen molar-refractivity contribution in [2.75, 3.05) is 12.4 Å². The Morgan fingerprint density at radius 2 is 2.17 bits per heavy atom. The van der Waals surface area contributed by atoms with Gasteiger partial charge in [0.15, 0.2) is 17.1 Å². The molecule has 0 fully saturated rings. The lowest BCUT2D eigenvalue weighted by Gasteiger charge is -2.05. The number of benzene rings is 1. The van der Waals surface area contributed by atoms with Gasteiger partial charge in [0, 0.05) is 16.5 Å². The summed E-state index contributed by atoms with van der Waals surface area (Å²) in [4.78, 5) is 23.2. The largest absolute Gasteiger partial charge is 0.493 e. The van der Waals surface area contributed by atoms with E-state index in [-0.39, 0.29) is 22.3 Å². The third kappa shape index (κ3) is 2.28. The number of fused-ring (bicyclic) bond motifs is 1. The van der Waals surface area contributed by atoms with E-state index >= 15 is 0 Å². The maximum Gasteiger partial charge on any atom is 0.347 e. The molecule has 0 amide bonds. The lowest BCUT2D eigenvalue weighted by atomic mass is 10.1. The standard InChI is InChI=1S/C12H8BrClO4/c1-17-10-4-7(14)2-6-3-8(9(15)5-13)12(16)18-11(6)10/h2-4H,5H2,1H3. The predicted octanol–water partition coefficient (Wildman–Crippen LogP) is 3.03. The van der Waals surface area contributed by atoms with Gasteiger partial charge in [0.1, 0.15) is 5.56 Å². The van der Waals surface area contributed by atoms with Crippen molar-refractivity contribution in [2.45, 2.75) is 0 Å². The first kappa shape index (κ1) is 13.1. The van der Waals surface area contributed by atoms with Crippen LogP contribution >= 0.6 is 27.5 Å². The highest BCUT2D eigenvalue weighted by molar-refractivity contribution is 9.09. The van der Waals surface area contributed by atoms with Crippen LogP contribution in [0.5, 0.6) is 5.75 Å². The molecule has 0 aliphatic heterocycles. The second-order valence-electron chi connectivity index (χ2n) is 3.53. The molecule has 0 bridgehead atoms. The Kier molecular flexibility index (Phi) is 3.73. The van der Waals surface area contributed by atoms with Crippen LogP contribution in [0.15, 0.2) is 27.4 Å². The number of carbonyl (C=O) groups excluding carboxylic acids is 1. The number of halogens is 2. The molecule has 0 saturated heterocycles. The van der Waals surface area contributed by atoms with Crippen molar-refractivity contribution in [3.05, 3.63) is 39.2 Å². The lowest BCUT2D eigenvalue weighted by molar-refractivity contribution is 0.102. The fourth-order valence-electron chi connectivity index (χ4n) is 1.59. The first-order chi connectivity index (χ1) is 8.56. The average Bonchev–Trinajstić information content (AvgIpc) is 2.36. The Morgan fingerprint density at radius 1 is 1.44 bits per heavy atom. The fraction of sp³-hybridized carbons (Fsp3) is 0.167. The zero-order valence-electron chi connectivity index (χ0n) is 9.33. The molecule has 0 N–H and O–H groups in total. The first-order valence-corrected chi connectivity index (χ1v) is 6.47. The quantitative estimate of drug-likeness (QED) is 0.493. The van der Waals surface area contributed by atoms with E-state index in [4.69, 9.17) is 20.8 Å². The summed E-state index contributed by atoms with van der Waals surface area (Å²) in [6.45, 7) is 0. The van der Waals surface area contributed by atoms with Crippen LogP contribution in [0.25, 0.3) is 11.0 Å². The highest BCUT2D eigenvalue weighted by Crippen LogP contribution is 2.29. The maximum atomic E-state index is 11.7. The van der Waals surface area contributed by atoms with E-state index in [1.165, 1.54) is 13.2 Å². The van der Waals surface area contributed by atoms with Crippen molar-refractivity contribution in [3.63, 3.8) is 0 Å². The smallest absolute Gasteiger partial charge is 0.347 e. The minimum absolute atomic E-state index is 0.0105. The minimum Gasteiger partial charge on any atom is -0.493 e. The summed E-state index contributed by atoms with van der Waals surface area (Å²) in [6, 6.07) is 4.60. The van der Waals surface area contributed by atoms with E-state index in [2.05, 4.69) is 15.9 Å². The molecule has 94 valence electrons. The second kappa shape index (κ2) is 5.12. The van der Waals surface area contributed by atoms with Gasteiger partial charge >= 0.3 is 5.63 Å². The highest BCUT2D eigenvalue weighted by atomic mass is 79.9. The Balaban J connectivity index is 2.79. The predicted molar refractivity (Wildman–Crippen MR) is 72.2 cm³/mol. The molecule has 2 aromatic rings. The molecular weight excluding hydrogens is 323 g/mol. The number of carbonyl (C=O) groups is 1. The van der Waals surface area contributed by atoms with Crippen molar-refractivity contribution in [3.8, 4) is 5.75 Å². The van der Waals surface area contributed by atoms with E-state index in [9.17, 15) is 9.59 Å². The zero-order chi connectivity index (χ0) is 13.3. The van der Waals surface area contributed by atoms with Gasteiger partial charge in [-0.05, 0) is 12.1 Å². The fourth-order valence-corrected chi connectivity index (χ4v) is 2.10.